The van der Waals surface area contributed by atoms with Gasteiger partial charge >= 0.3 is 6.72 Å². The zero-order chi connectivity index (χ0) is 16.3. The summed E-state index contributed by atoms with van der Waals surface area (Å²) in [6, 6.07) is 0. The Morgan fingerprint density at radius 2 is 2.09 bits per heavy atom. The van der Waals surface area contributed by atoms with Gasteiger partial charge in [0, 0.05) is 6.54 Å². The molecular formula is C10H15N4O6PS. The van der Waals surface area contributed by atoms with Crippen molar-refractivity contribution in [3.63, 3.8) is 0 Å². The molecule has 22 heavy (non-hydrogen) atoms. The zero-order valence-electron chi connectivity index (χ0n) is 11.2. The molecule has 0 amide bonds. The van der Waals surface area contributed by atoms with E-state index in [0.29, 0.717) is 5.65 Å². The molecule has 0 spiro atoms. The third-order valence-corrected chi connectivity index (χ3v) is 3.73. The van der Waals surface area contributed by atoms with Gasteiger partial charge in [-0.25, -0.2) is 9.97 Å². The summed E-state index contributed by atoms with van der Waals surface area (Å²) in [5, 5.41) is 19.4. The number of aliphatic hydroxyl groups is 2. The number of H-pyrrole nitrogens is 1. The molecule has 12 heteroatoms. The molecule has 122 valence electrons. The standard InChI is InChI=1S/C10H15N4O6PS/c15-6(7(16)3-20-21(18,19)22)1-2-14-5-13-8-9(14)11-4-12-10(8)17/h4-7,15-16H,1-3H2,(H,11,12,17)(H2,18,19,22). The molecule has 0 saturated carbocycles. The largest absolute Gasteiger partial charge is 0.390 e. The zero-order valence-corrected chi connectivity index (χ0v) is 12.9. The Kier molecular flexibility index (Phi) is 5.40. The lowest BCUT2D eigenvalue weighted by atomic mass is 10.1. The number of aliphatic hydroxyl groups excluding tert-OH is 2. The van der Waals surface area contributed by atoms with Crippen LogP contribution in [-0.4, -0.2) is 58.3 Å². The number of nitrogens with one attached hydrogen (secondary N) is 1. The van der Waals surface area contributed by atoms with Crippen LogP contribution < -0.4 is 5.56 Å². The van der Waals surface area contributed by atoms with Gasteiger partial charge in [-0.2, -0.15) is 0 Å². The molecule has 0 aliphatic rings. The molecule has 2 aromatic rings. The highest BCUT2D eigenvalue weighted by Crippen LogP contribution is 2.36. The average molecular weight is 350 g/mol. The van der Waals surface area contributed by atoms with Gasteiger partial charge in [0.2, 0.25) is 0 Å². The van der Waals surface area contributed by atoms with Gasteiger partial charge in [-0.3, -0.25) is 4.79 Å². The number of rotatable bonds is 7. The van der Waals surface area contributed by atoms with E-state index in [1.165, 1.54) is 12.7 Å². The van der Waals surface area contributed by atoms with E-state index < -0.39 is 25.5 Å². The Hall–Kier alpha value is -1.20. The van der Waals surface area contributed by atoms with Crippen LogP contribution in [0.5, 0.6) is 0 Å². The van der Waals surface area contributed by atoms with Gasteiger partial charge in [-0.1, -0.05) is 0 Å². The summed E-state index contributed by atoms with van der Waals surface area (Å²) in [6.07, 6.45) is 0.263. The summed E-state index contributed by atoms with van der Waals surface area (Å²) >= 11 is 4.24. The monoisotopic (exact) mass is 350 g/mol. The van der Waals surface area contributed by atoms with E-state index >= 15 is 0 Å². The first-order valence-corrected chi connectivity index (χ1v) is 8.85. The minimum absolute atomic E-state index is 0.115. The smallest absolute Gasteiger partial charge is 0.321 e. The summed E-state index contributed by atoms with van der Waals surface area (Å²) in [5.74, 6) is 0. The lowest BCUT2D eigenvalue weighted by Gasteiger charge is -2.19. The highest BCUT2D eigenvalue weighted by molar-refractivity contribution is 8.06. The fourth-order valence-electron chi connectivity index (χ4n) is 1.80. The SMILES string of the molecule is O=c1[nH]cnc2c1ncn2CCC(O)C(O)COP(O)(O)=S. The topological polar surface area (TPSA) is 154 Å². The predicted molar refractivity (Wildman–Crippen MR) is 79.5 cm³/mol. The van der Waals surface area contributed by atoms with Crippen molar-refractivity contribution in [1.29, 1.82) is 0 Å². The maximum atomic E-state index is 11.5. The normalized spacial score (nSPS) is 15.1. The van der Waals surface area contributed by atoms with Crippen molar-refractivity contribution in [2.75, 3.05) is 6.61 Å². The minimum atomic E-state index is -3.87. The molecule has 10 nitrogen and oxygen atoms in total. The maximum absolute atomic E-state index is 11.5. The van der Waals surface area contributed by atoms with Gasteiger partial charge in [-0.05, 0) is 18.2 Å². The van der Waals surface area contributed by atoms with E-state index in [9.17, 15) is 15.0 Å². The number of imidazole rings is 1. The maximum Gasteiger partial charge on any atom is 0.321 e. The molecular weight excluding hydrogens is 335 g/mol. The van der Waals surface area contributed by atoms with E-state index in [2.05, 4.69) is 31.3 Å². The lowest BCUT2D eigenvalue weighted by molar-refractivity contribution is -0.0156. The molecule has 0 radical (unpaired) electrons. The molecule has 2 rings (SSSR count). The van der Waals surface area contributed by atoms with Gasteiger partial charge in [0.15, 0.2) is 11.2 Å². The van der Waals surface area contributed by atoms with Crippen LogP contribution in [0.15, 0.2) is 17.4 Å². The van der Waals surface area contributed by atoms with Crippen molar-refractivity contribution >= 4 is 29.7 Å². The molecule has 5 N–H and O–H groups in total. The molecule has 2 heterocycles. The molecule has 2 aromatic heterocycles. The number of fused-ring (bicyclic) bond motifs is 1. The molecule has 2 atom stereocenters. The third kappa shape index (κ3) is 4.40. The van der Waals surface area contributed by atoms with Gasteiger partial charge in [0.25, 0.3) is 5.56 Å². The Balaban J connectivity index is 1.95. The number of aromatic amines is 1. The second-order valence-electron chi connectivity index (χ2n) is 4.55. The molecule has 0 saturated heterocycles. The van der Waals surface area contributed by atoms with Gasteiger partial charge < -0.3 is 34.1 Å². The Morgan fingerprint density at radius 1 is 1.36 bits per heavy atom. The highest BCUT2D eigenvalue weighted by Gasteiger charge is 2.20. The van der Waals surface area contributed by atoms with Crippen molar-refractivity contribution in [2.24, 2.45) is 0 Å². The van der Waals surface area contributed by atoms with Crippen LogP contribution in [0.25, 0.3) is 11.2 Å². The van der Waals surface area contributed by atoms with E-state index in [0.717, 1.165) is 0 Å². The van der Waals surface area contributed by atoms with E-state index in [1.807, 2.05) is 0 Å². The van der Waals surface area contributed by atoms with Crippen molar-refractivity contribution in [2.45, 2.75) is 25.2 Å². The van der Waals surface area contributed by atoms with Crippen LogP contribution in [0.1, 0.15) is 6.42 Å². The van der Waals surface area contributed by atoms with E-state index in [-0.39, 0.29) is 24.0 Å². The lowest BCUT2D eigenvalue weighted by Crippen LogP contribution is -2.31. The number of hydrogen-bond acceptors (Lipinski definition) is 7. The summed E-state index contributed by atoms with van der Waals surface area (Å²) in [4.78, 5) is 39.6. The fourth-order valence-corrected chi connectivity index (χ4v) is 2.33. The molecule has 0 aliphatic carbocycles. The van der Waals surface area contributed by atoms with Crippen LogP contribution in [0.2, 0.25) is 0 Å². The second kappa shape index (κ2) is 6.92. The van der Waals surface area contributed by atoms with Crippen LogP contribution in [0.4, 0.5) is 0 Å². The Morgan fingerprint density at radius 3 is 2.77 bits per heavy atom. The Bertz CT molecular complexity index is 742. The summed E-state index contributed by atoms with van der Waals surface area (Å²) in [6.45, 7) is -4.11. The summed E-state index contributed by atoms with van der Waals surface area (Å²) < 4.78 is 6.04. The summed E-state index contributed by atoms with van der Waals surface area (Å²) in [5.41, 5.74) is 0.180. The first-order chi connectivity index (χ1) is 10.3. The van der Waals surface area contributed by atoms with Crippen molar-refractivity contribution in [1.82, 2.24) is 19.5 Å². The van der Waals surface area contributed by atoms with Crippen molar-refractivity contribution in [3.8, 4) is 0 Å². The van der Waals surface area contributed by atoms with Gasteiger partial charge in [0.05, 0.1) is 25.4 Å². The third-order valence-electron chi connectivity index (χ3n) is 2.93. The number of nitrogens with zero attached hydrogens (tertiary/aromatic N) is 3. The van der Waals surface area contributed by atoms with Crippen LogP contribution >= 0.6 is 6.72 Å². The molecule has 0 aliphatic heterocycles. The number of aromatic nitrogens is 4. The van der Waals surface area contributed by atoms with Crippen LogP contribution in [-0.2, 0) is 22.9 Å². The average Bonchev–Trinajstić information content (AvgIpc) is 2.86. The molecule has 0 fully saturated rings. The highest BCUT2D eigenvalue weighted by atomic mass is 32.5. The minimum Gasteiger partial charge on any atom is -0.390 e. The van der Waals surface area contributed by atoms with Crippen molar-refractivity contribution in [3.05, 3.63) is 23.0 Å². The van der Waals surface area contributed by atoms with Crippen molar-refractivity contribution < 1.29 is 24.5 Å². The first-order valence-electron chi connectivity index (χ1n) is 6.22. The van der Waals surface area contributed by atoms with Crippen LogP contribution in [0, 0.1) is 0 Å². The first kappa shape index (κ1) is 17.2. The summed E-state index contributed by atoms with van der Waals surface area (Å²) in [7, 11) is 0. The fraction of sp³-hybridized carbons (Fsp3) is 0.500. The molecule has 0 bridgehead atoms. The quantitative estimate of drug-likeness (QED) is 0.374. The number of aryl methyl sites for hydroxylation is 1. The van der Waals surface area contributed by atoms with Gasteiger partial charge in [-0.15, -0.1) is 0 Å². The predicted octanol–water partition coefficient (Wildman–Crippen LogP) is -1.54. The Labute approximate surface area is 129 Å². The van der Waals surface area contributed by atoms with E-state index in [4.69, 9.17) is 9.79 Å². The molecule has 2 unspecified atom stereocenters. The van der Waals surface area contributed by atoms with Crippen LogP contribution in [0.3, 0.4) is 0 Å². The van der Waals surface area contributed by atoms with Gasteiger partial charge in [0.1, 0.15) is 6.10 Å². The second-order valence-corrected chi connectivity index (χ2v) is 7.22. The number of hydrogen-bond donors (Lipinski definition) is 5. The van der Waals surface area contributed by atoms with E-state index in [1.54, 1.807) is 4.57 Å². The molecule has 0 aromatic carbocycles.